The van der Waals surface area contributed by atoms with Crippen molar-refractivity contribution in [3.05, 3.63) is 54.5 Å². The standard InChI is InChI=1S/C40H53N9O7Si/c1-22(2)32(43-39(53)55-5)37(51)48-17-9-10-30(48)36(50)45-34-27-18-26(15-16-28(27)46-47-34)24-11-13-25(14-12-24)29-19-41-35(42-29)31-20-57(7,8)21-49(31)38(52)33(23(3)4)44-40(54)56-6/h11-16,18-19,22-23,30-33H,9-10,17,20-21H2,1-8H3,(H,41,42)(H,43,53)(H,44,54)(H2,45,46,47,50)/t30-,31-,32-,33-/m0/s1. The Morgan fingerprint density at radius 2 is 1.44 bits per heavy atom. The summed E-state index contributed by atoms with van der Waals surface area (Å²) >= 11 is 0. The highest BCUT2D eigenvalue weighted by atomic mass is 28.3. The Hall–Kier alpha value is -5.71. The molecule has 2 aliphatic heterocycles. The molecule has 2 saturated heterocycles. The van der Waals surface area contributed by atoms with Crippen LogP contribution in [0.4, 0.5) is 15.4 Å². The van der Waals surface area contributed by atoms with Crippen molar-refractivity contribution < 1.29 is 33.4 Å². The fraction of sp³-hybridized carbons (Fsp3) is 0.475. The Morgan fingerprint density at radius 1 is 0.842 bits per heavy atom. The van der Waals surface area contributed by atoms with E-state index >= 15 is 0 Å². The number of likely N-dealkylation sites (tertiary alicyclic amines) is 1. The first-order valence-corrected chi connectivity index (χ1v) is 22.8. The first-order chi connectivity index (χ1) is 27.1. The molecule has 4 atom stereocenters. The number of alkyl carbamates (subject to hydrolysis) is 2. The molecule has 0 aliphatic carbocycles. The van der Waals surface area contributed by atoms with Crippen LogP contribution in [-0.2, 0) is 23.9 Å². The predicted octanol–water partition coefficient (Wildman–Crippen LogP) is 5.44. The lowest BCUT2D eigenvalue weighted by Crippen LogP contribution is -2.54. The molecule has 2 aliphatic rings. The number of rotatable bonds is 11. The quantitative estimate of drug-likeness (QED) is 0.122. The third-order valence-electron chi connectivity index (χ3n) is 10.9. The molecule has 2 aromatic carbocycles. The van der Waals surface area contributed by atoms with Crippen LogP contribution in [0.15, 0.2) is 48.7 Å². The summed E-state index contributed by atoms with van der Waals surface area (Å²) in [6, 6.07) is 12.2. The fourth-order valence-electron chi connectivity index (χ4n) is 7.79. The van der Waals surface area contributed by atoms with E-state index in [4.69, 9.17) is 14.5 Å². The molecule has 2 aromatic heterocycles. The van der Waals surface area contributed by atoms with E-state index < -0.39 is 38.4 Å². The van der Waals surface area contributed by atoms with Crippen molar-refractivity contribution in [2.75, 3.05) is 32.2 Å². The summed E-state index contributed by atoms with van der Waals surface area (Å²) in [6.07, 6.45) is 2.25. The Balaban J connectivity index is 1.17. The number of anilines is 1. The van der Waals surface area contributed by atoms with Crippen LogP contribution in [-0.4, -0.2) is 113 Å². The Kier molecular flexibility index (Phi) is 12.1. The summed E-state index contributed by atoms with van der Waals surface area (Å²) < 4.78 is 9.51. The second kappa shape index (κ2) is 16.8. The number of amides is 5. The maximum atomic E-state index is 13.9. The number of fused-ring (bicyclic) bond motifs is 1. The van der Waals surface area contributed by atoms with Gasteiger partial charge < -0.3 is 40.2 Å². The van der Waals surface area contributed by atoms with E-state index in [1.165, 1.54) is 19.1 Å². The van der Waals surface area contributed by atoms with Gasteiger partial charge in [0.05, 0.1) is 45.7 Å². The third-order valence-corrected chi connectivity index (χ3v) is 13.6. The molecule has 0 saturated carbocycles. The molecular formula is C40H53N9O7Si. The average Bonchev–Trinajstić information content (AvgIpc) is 4.01. The zero-order chi connectivity index (χ0) is 41.2. The maximum absolute atomic E-state index is 13.9. The van der Waals surface area contributed by atoms with Crippen LogP contribution in [0, 0.1) is 11.8 Å². The molecule has 4 aromatic rings. The first kappa shape index (κ1) is 40.9. The van der Waals surface area contributed by atoms with E-state index in [0.29, 0.717) is 37.2 Å². The predicted molar refractivity (Wildman–Crippen MR) is 218 cm³/mol. The summed E-state index contributed by atoms with van der Waals surface area (Å²) in [5.41, 5.74) is 4.34. The van der Waals surface area contributed by atoms with Gasteiger partial charge in [0.1, 0.15) is 23.9 Å². The Morgan fingerprint density at radius 3 is 2.05 bits per heavy atom. The van der Waals surface area contributed by atoms with Crippen molar-refractivity contribution in [3.63, 3.8) is 0 Å². The first-order valence-electron chi connectivity index (χ1n) is 19.4. The molecule has 16 nitrogen and oxygen atoms in total. The van der Waals surface area contributed by atoms with Crippen LogP contribution in [0.5, 0.6) is 0 Å². The van der Waals surface area contributed by atoms with Gasteiger partial charge in [0, 0.05) is 18.1 Å². The normalized spacial score (nSPS) is 18.8. The Bertz CT molecular complexity index is 2130. The van der Waals surface area contributed by atoms with Crippen LogP contribution in [0.25, 0.3) is 33.3 Å². The smallest absolute Gasteiger partial charge is 0.407 e. The number of hydrogen-bond donors (Lipinski definition) is 5. The minimum atomic E-state index is -1.77. The molecule has 5 amide bonds. The average molecular weight is 800 g/mol. The molecular weight excluding hydrogens is 747 g/mol. The number of carbonyl (C=O) groups is 5. The highest BCUT2D eigenvalue weighted by Crippen LogP contribution is 2.38. The van der Waals surface area contributed by atoms with Gasteiger partial charge in [0.2, 0.25) is 17.7 Å². The van der Waals surface area contributed by atoms with E-state index in [1.54, 1.807) is 6.20 Å². The summed E-state index contributed by atoms with van der Waals surface area (Å²) in [7, 11) is 0.755. The van der Waals surface area contributed by atoms with E-state index in [0.717, 1.165) is 39.3 Å². The van der Waals surface area contributed by atoms with Crippen LogP contribution in [0.1, 0.15) is 52.4 Å². The van der Waals surface area contributed by atoms with Crippen LogP contribution in [0.2, 0.25) is 19.1 Å². The fourth-order valence-corrected chi connectivity index (χ4v) is 10.7. The van der Waals surface area contributed by atoms with Crippen molar-refractivity contribution in [3.8, 4) is 22.4 Å². The summed E-state index contributed by atoms with van der Waals surface area (Å²) in [5, 5.41) is 16.4. The van der Waals surface area contributed by atoms with Gasteiger partial charge in [-0.2, -0.15) is 5.10 Å². The van der Waals surface area contributed by atoms with E-state index in [1.807, 2.05) is 75.1 Å². The highest BCUT2D eigenvalue weighted by molar-refractivity contribution is 6.78. The lowest BCUT2D eigenvalue weighted by Gasteiger charge is -2.30. The van der Waals surface area contributed by atoms with Crippen LogP contribution < -0.4 is 16.0 Å². The van der Waals surface area contributed by atoms with E-state index in [2.05, 4.69) is 44.2 Å². The molecule has 5 N–H and O–H groups in total. The molecule has 304 valence electrons. The van der Waals surface area contributed by atoms with Crippen molar-refractivity contribution in [2.45, 2.75) is 83.8 Å². The molecule has 0 radical (unpaired) electrons. The van der Waals surface area contributed by atoms with Gasteiger partial charge in [-0.25, -0.2) is 14.6 Å². The topological polar surface area (TPSA) is 204 Å². The van der Waals surface area contributed by atoms with Gasteiger partial charge in [0.25, 0.3) is 0 Å². The third kappa shape index (κ3) is 8.82. The van der Waals surface area contributed by atoms with Crippen molar-refractivity contribution in [2.24, 2.45) is 11.8 Å². The molecule has 6 rings (SSSR count). The zero-order valence-corrected chi connectivity index (χ0v) is 34.8. The largest absolute Gasteiger partial charge is 0.453 e. The molecule has 0 unspecified atom stereocenters. The number of benzene rings is 2. The van der Waals surface area contributed by atoms with Crippen molar-refractivity contribution in [1.82, 2.24) is 40.6 Å². The number of carbonyl (C=O) groups excluding carboxylic acids is 5. The number of ether oxygens (including phenoxy) is 2. The van der Waals surface area contributed by atoms with Gasteiger partial charge in [0.15, 0.2) is 5.82 Å². The second-order valence-electron chi connectivity index (χ2n) is 16.3. The Labute approximate surface area is 332 Å². The number of aromatic nitrogens is 4. The number of nitrogens with one attached hydrogen (secondary N) is 5. The van der Waals surface area contributed by atoms with Crippen molar-refractivity contribution >= 4 is 54.7 Å². The van der Waals surface area contributed by atoms with Crippen molar-refractivity contribution in [1.29, 1.82) is 0 Å². The number of hydrogen-bond acceptors (Lipinski definition) is 9. The summed E-state index contributed by atoms with van der Waals surface area (Å²) in [6.45, 7) is 12.4. The molecule has 57 heavy (non-hydrogen) atoms. The number of nitrogens with zero attached hydrogens (tertiary/aromatic N) is 4. The number of aromatic amines is 2. The van der Waals surface area contributed by atoms with Gasteiger partial charge in [-0.1, -0.05) is 71.1 Å². The minimum Gasteiger partial charge on any atom is -0.453 e. The summed E-state index contributed by atoms with van der Waals surface area (Å²) in [4.78, 5) is 76.6. The van der Waals surface area contributed by atoms with Crippen LogP contribution >= 0.6 is 0 Å². The number of imidazole rings is 1. The SMILES string of the molecule is COC(=O)N[C@H](C(=O)N1CCC[C@H]1C(=O)Nc1n[nH]c2ccc(-c3ccc(-c4cnc([C@@H]5C[Si](C)(C)CN5C(=O)[C@@H](NC(=O)OC)C(C)C)[nH]4)cc3)cc12)C(C)C. The zero-order valence-electron chi connectivity index (χ0n) is 33.8. The van der Waals surface area contributed by atoms with Gasteiger partial charge in [-0.15, -0.1) is 0 Å². The van der Waals surface area contributed by atoms with E-state index in [9.17, 15) is 24.0 Å². The molecule has 2 fully saturated rings. The van der Waals surface area contributed by atoms with Gasteiger partial charge in [-0.05, 0) is 59.5 Å². The van der Waals surface area contributed by atoms with E-state index in [-0.39, 0.29) is 35.6 Å². The van der Waals surface area contributed by atoms with Gasteiger partial charge in [-0.3, -0.25) is 19.5 Å². The molecule has 0 bridgehead atoms. The highest BCUT2D eigenvalue weighted by Gasteiger charge is 2.46. The van der Waals surface area contributed by atoms with Crippen LogP contribution in [0.3, 0.4) is 0 Å². The molecule has 0 spiro atoms. The lowest BCUT2D eigenvalue weighted by molar-refractivity contribution is -0.139. The summed E-state index contributed by atoms with van der Waals surface area (Å²) in [5.74, 6) is -0.0915. The number of H-pyrrole nitrogens is 2. The lowest BCUT2D eigenvalue weighted by atomic mass is 10.0. The molecule has 4 heterocycles. The molecule has 17 heteroatoms. The van der Waals surface area contributed by atoms with Gasteiger partial charge >= 0.3 is 12.2 Å². The maximum Gasteiger partial charge on any atom is 0.407 e. The monoisotopic (exact) mass is 799 g/mol. The minimum absolute atomic E-state index is 0.130. The second-order valence-corrected chi connectivity index (χ2v) is 21.4. The number of methoxy groups -OCH3 is 2.